The molecule has 0 spiro atoms. The molecule has 3 rings (SSSR count). The number of amides is 1. The first-order valence-electron chi connectivity index (χ1n) is 9.79. The summed E-state index contributed by atoms with van der Waals surface area (Å²) in [5, 5.41) is 3.99. The Balaban J connectivity index is 1.44. The molecule has 0 bridgehead atoms. The van der Waals surface area contributed by atoms with Gasteiger partial charge in [-0.25, -0.2) is 8.42 Å². The van der Waals surface area contributed by atoms with E-state index < -0.39 is 10.0 Å². The Kier molecular flexibility index (Phi) is 8.18. The van der Waals surface area contributed by atoms with Gasteiger partial charge in [0.25, 0.3) is 0 Å². The number of carbonyl (C=O) groups is 1. The Hall–Kier alpha value is -1.84. The van der Waals surface area contributed by atoms with Crippen LogP contribution >= 0.6 is 23.2 Å². The Morgan fingerprint density at radius 2 is 1.84 bits per heavy atom. The van der Waals surface area contributed by atoms with Crippen LogP contribution in [0.5, 0.6) is 0 Å². The lowest BCUT2D eigenvalue weighted by Crippen LogP contribution is -2.47. The van der Waals surface area contributed by atoms with Crippen molar-refractivity contribution in [2.75, 3.05) is 37.2 Å². The zero-order valence-electron chi connectivity index (χ0n) is 17.1. The molecule has 1 aliphatic heterocycles. The Bertz CT molecular complexity index is 1020. The molecule has 0 saturated carbocycles. The van der Waals surface area contributed by atoms with Gasteiger partial charge in [-0.2, -0.15) is 0 Å². The van der Waals surface area contributed by atoms with Gasteiger partial charge >= 0.3 is 0 Å². The predicted octanol–water partition coefficient (Wildman–Crippen LogP) is 2.92. The highest BCUT2D eigenvalue weighted by atomic mass is 35.5. The van der Waals surface area contributed by atoms with E-state index in [4.69, 9.17) is 27.9 Å². The molecular formula is C21H25Cl2N3O4S. The van der Waals surface area contributed by atoms with Crippen LogP contribution in [0, 0.1) is 0 Å². The van der Waals surface area contributed by atoms with E-state index in [1.54, 1.807) is 30.3 Å². The molecule has 10 heteroatoms. The zero-order valence-corrected chi connectivity index (χ0v) is 19.4. The second-order valence-electron chi connectivity index (χ2n) is 7.53. The molecule has 1 aliphatic rings. The number of carbonyl (C=O) groups excluding carboxylic acids is 1. The number of hydrogen-bond donors (Lipinski definition) is 2. The molecule has 168 valence electrons. The minimum atomic E-state index is -3.32. The van der Waals surface area contributed by atoms with Crippen LogP contribution < -0.4 is 10.0 Å². The van der Waals surface area contributed by atoms with E-state index in [-0.39, 0.29) is 18.4 Å². The van der Waals surface area contributed by atoms with Crippen molar-refractivity contribution >= 4 is 44.8 Å². The van der Waals surface area contributed by atoms with Crippen molar-refractivity contribution in [3.63, 3.8) is 0 Å². The molecule has 1 atom stereocenters. The summed E-state index contributed by atoms with van der Waals surface area (Å²) in [7, 11) is -3.32. The molecule has 0 aromatic heterocycles. The molecule has 1 fully saturated rings. The third kappa shape index (κ3) is 7.97. The van der Waals surface area contributed by atoms with Gasteiger partial charge in [0.05, 0.1) is 35.4 Å². The lowest BCUT2D eigenvalue weighted by Gasteiger charge is -2.33. The van der Waals surface area contributed by atoms with Crippen LogP contribution in [0.15, 0.2) is 42.5 Å². The van der Waals surface area contributed by atoms with Gasteiger partial charge in [-0.15, -0.1) is 0 Å². The standard InChI is InChI=1S/C21H25Cl2N3O4S/c1-31(28,29)25-17-5-2-15(3-6-17)11-21(27)24-12-18-14-26(8-9-30-18)13-16-4-7-19(22)20(23)10-16/h2-7,10,18,25H,8-9,11-14H2,1H3,(H,24,27). The average Bonchev–Trinajstić information content (AvgIpc) is 2.70. The maximum absolute atomic E-state index is 12.3. The van der Waals surface area contributed by atoms with Crippen molar-refractivity contribution in [1.29, 1.82) is 0 Å². The summed E-state index contributed by atoms with van der Waals surface area (Å²) in [6, 6.07) is 12.3. The summed E-state index contributed by atoms with van der Waals surface area (Å²) in [6.07, 6.45) is 1.20. The van der Waals surface area contributed by atoms with Crippen molar-refractivity contribution in [1.82, 2.24) is 10.2 Å². The summed E-state index contributed by atoms with van der Waals surface area (Å²) in [5.41, 5.74) is 2.33. The normalized spacial score (nSPS) is 17.3. The van der Waals surface area contributed by atoms with Crippen LogP contribution in [0.25, 0.3) is 0 Å². The monoisotopic (exact) mass is 485 g/mol. The Morgan fingerprint density at radius 1 is 1.13 bits per heavy atom. The first-order chi connectivity index (χ1) is 14.7. The molecule has 0 radical (unpaired) electrons. The third-order valence-corrected chi connectivity index (χ3v) is 6.11. The molecule has 1 heterocycles. The second-order valence-corrected chi connectivity index (χ2v) is 10.1. The summed E-state index contributed by atoms with van der Waals surface area (Å²) in [5.74, 6) is -0.117. The molecule has 2 aromatic rings. The van der Waals surface area contributed by atoms with E-state index in [0.29, 0.717) is 35.4 Å². The minimum absolute atomic E-state index is 0.0955. The first-order valence-corrected chi connectivity index (χ1v) is 12.4. The number of sulfonamides is 1. The number of nitrogens with zero attached hydrogens (tertiary/aromatic N) is 1. The van der Waals surface area contributed by atoms with Gasteiger partial charge < -0.3 is 10.1 Å². The largest absolute Gasteiger partial charge is 0.374 e. The number of rotatable bonds is 8. The number of ether oxygens (including phenoxy) is 1. The molecule has 2 aromatic carbocycles. The molecule has 1 saturated heterocycles. The number of halogens is 2. The zero-order chi connectivity index (χ0) is 22.4. The molecule has 31 heavy (non-hydrogen) atoms. The molecule has 1 unspecified atom stereocenters. The van der Waals surface area contributed by atoms with Crippen molar-refractivity contribution in [2.45, 2.75) is 19.1 Å². The fourth-order valence-electron chi connectivity index (χ4n) is 3.32. The Labute approximate surface area is 192 Å². The van der Waals surface area contributed by atoms with E-state index >= 15 is 0 Å². The highest BCUT2D eigenvalue weighted by molar-refractivity contribution is 7.92. The van der Waals surface area contributed by atoms with Crippen molar-refractivity contribution < 1.29 is 17.9 Å². The van der Waals surface area contributed by atoms with Gasteiger partial charge in [0.1, 0.15) is 0 Å². The van der Waals surface area contributed by atoms with Crippen LogP contribution in [-0.4, -0.2) is 57.8 Å². The van der Waals surface area contributed by atoms with Gasteiger partial charge in [-0.3, -0.25) is 14.4 Å². The van der Waals surface area contributed by atoms with E-state index in [0.717, 1.165) is 30.5 Å². The highest BCUT2D eigenvalue weighted by Gasteiger charge is 2.21. The smallest absolute Gasteiger partial charge is 0.229 e. The molecule has 7 nitrogen and oxygen atoms in total. The van der Waals surface area contributed by atoms with E-state index in [1.165, 1.54) is 0 Å². The van der Waals surface area contributed by atoms with Crippen LogP contribution in [-0.2, 0) is 32.5 Å². The molecule has 1 amide bonds. The molecule has 0 aliphatic carbocycles. The summed E-state index contributed by atoms with van der Waals surface area (Å²) < 4.78 is 30.7. The third-order valence-electron chi connectivity index (χ3n) is 4.76. The van der Waals surface area contributed by atoms with E-state index in [2.05, 4.69) is 14.9 Å². The lowest BCUT2D eigenvalue weighted by atomic mass is 10.1. The van der Waals surface area contributed by atoms with Crippen LogP contribution in [0.2, 0.25) is 10.0 Å². The summed E-state index contributed by atoms with van der Waals surface area (Å²) in [4.78, 5) is 14.5. The fraction of sp³-hybridized carbons (Fsp3) is 0.381. The maximum Gasteiger partial charge on any atom is 0.229 e. The van der Waals surface area contributed by atoms with E-state index in [9.17, 15) is 13.2 Å². The number of benzene rings is 2. The van der Waals surface area contributed by atoms with Crippen LogP contribution in [0.3, 0.4) is 0 Å². The Morgan fingerprint density at radius 3 is 2.52 bits per heavy atom. The first kappa shape index (κ1) is 23.8. The number of anilines is 1. The van der Waals surface area contributed by atoms with Gasteiger partial charge in [-0.1, -0.05) is 41.4 Å². The molecular weight excluding hydrogens is 461 g/mol. The molecule has 2 N–H and O–H groups in total. The second kappa shape index (κ2) is 10.7. The average molecular weight is 486 g/mol. The van der Waals surface area contributed by atoms with Gasteiger partial charge in [0, 0.05) is 31.9 Å². The summed E-state index contributed by atoms with van der Waals surface area (Å²) >= 11 is 12.1. The minimum Gasteiger partial charge on any atom is -0.374 e. The topological polar surface area (TPSA) is 87.7 Å². The fourth-order valence-corrected chi connectivity index (χ4v) is 4.21. The lowest BCUT2D eigenvalue weighted by molar-refractivity contribution is -0.121. The van der Waals surface area contributed by atoms with Crippen molar-refractivity contribution in [3.05, 3.63) is 63.6 Å². The van der Waals surface area contributed by atoms with Crippen molar-refractivity contribution in [2.24, 2.45) is 0 Å². The van der Waals surface area contributed by atoms with Crippen LogP contribution in [0.4, 0.5) is 5.69 Å². The number of nitrogens with one attached hydrogen (secondary N) is 2. The van der Waals surface area contributed by atoms with Crippen LogP contribution in [0.1, 0.15) is 11.1 Å². The summed E-state index contributed by atoms with van der Waals surface area (Å²) in [6.45, 7) is 3.25. The number of hydrogen-bond acceptors (Lipinski definition) is 5. The maximum atomic E-state index is 12.3. The quantitative estimate of drug-likeness (QED) is 0.599. The van der Waals surface area contributed by atoms with E-state index in [1.807, 2.05) is 12.1 Å². The van der Waals surface area contributed by atoms with Gasteiger partial charge in [0.2, 0.25) is 15.9 Å². The number of morpholine rings is 1. The SMILES string of the molecule is CS(=O)(=O)Nc1ccc(CC(=O)NCC2CN(Cc3ccc(Cl)c(Cl)c3)CCO2)cc1. The van der Waals surface area contributed by atoms with Gasteiger partial charge in [0.15, 0.2) is 0 Å². The highest BCUT2D eigenvalue weighted by Crippen LogP contribution is 2.23. The predicted molar refractivity (Wildman–Crippen MR) is 123 cm³/mol. The van der Waals surface area contributed by atoms with Gasteiger partial charge in [-0.05, 0) is 35.4 Å². The van der Waals surface area contributed by atoms with Crippen molar-refractivity contribution in [3.8, 4) is 0 Å².